The molecule has 0 saturated carbocycles. The molecule has 3 N–H and O–H groups in total. The van der Waals surface area contributed by atoms with Crippen molar-refractivity contribution in [2.45, 2.75) is 25.8 Å². The van der Waals surface area contributed by atoms with Gasteiger partial charge in [-0.3, -0.25) is 19.8 Å². The lowest BCUT2D eigenvalue weighted by molar-refractivity contribution is -0.129. The lowest BCUT2D eigenvalue weighted by Gasteiger charge is -2.17. The molecule has 1 atom stereocenters. The summed E-state index contributed by atoms with van der Waals surface area (Å²) in [4.78, 5) is 29.8. The van der Waals surface area contributed by atoms with E-state index in [1.165, 1.54) is 16.9 Å². The van der Waals surface area contributed by atoms with E-state index >= 15 is 0 Å². The monoisotopic (exact) mass is 475 g/mol. The Labute approximate surface area is 201 Å². The van der Waals surface area contributed by atoms with Gasteiger partial charge in [-0.25, -0.2) is 5.48 Å². The average Bonchev–Trinajstić information content (AvgIpc) is 3.39. The van der Waals surface area contributed by atoms with E-state index in [0.717, 1.165) is 27.9 Å². The first kappa shape index (κ1) is 23.4. The number of para-hydroxylation sites is 1. The van der Waals surface area contributed by atoms with Crippen LogP contribution in [0.2, 0.25) is 0 Å². The summed E-state index contributed by atoms with van der Waals surface area (Å²) in [5, 5.41) is 14.7. The Morgan fingerprint density at radius 1 is 1.09 bits per heavy atom. The van der Waals surface area contributed by atoms with Gasteiger partial charge in [0.15, 0.2) is 0 Å². The van der Waals surface area contributed by atoms with E-state index in [1.54, 1.807) is 29.7 Å². The molecule has 0 bridgehead atoms. The lowest BCUT2D eigenvalue weighted by Crippen LogP contribution is -2.32. The van der Waals surface area contributed by atoms with Crippen LogP contribution in [0.4, 0.5) is 0 Å². The molecule has 2 aromatic carbocycles. The van der Waals surface area contributed by atoms with Crippen LogP contribution in [-0.4, -0.2) is 28.6 Å². The Balaban J connectivity index is 1.36. The Kier molecular flexibility index (Phi) is 7.51. The number of carbonyl (C=O) groups is 2. The van der Waals surface area contributed by atoms with Crippen LogP contribution in [0.5, 0.6) is 5.75 Å². The van der Waals surface area contributed by atoms with E-state index in [0.29, 0.717) is 17.9 Å². The van der Waals surface area contributed by atoms with Gasteiger partial charge in [-0.1, -0.05) is 24.3 Å². The number of carbonyl (C=O) groups excluding carboxylic acids is 2. The van der Waals surface area contributed by atoms with Crippen molar-refractivity contribution in [1.29, 1.82) is 0 Å². The maximum absolute atomic E-state index is 12.7. The highest BCUT2D eigenvalue weighted by molar-refractivity contribution is 7.10. The van der Waals surface area contributed by atoms with E-state index in [4.69, 9.17) is 9.94 Å². The second-order valence-electron chi connectivity index (χ2n) is 7.84. The molecular weight excluding hydrogens is 450 g/mol. The largest absolute Gasteiger partial charge is 0.493 e. The number of nitrogens with one attached hydrogen (secondary N) is 2. The van der Waals surface area contributed by atoms with Crippen LogP contribution in [-0.2, 0) is 11.2 Å². The molecule has 174 valence electrons. The van der Waals surface area contributed by atoms with Crippen molar-refractivity contribution >= 4 is 34.1 Å². The van der Waals surface area contributed by atoms with Crippen LogP contribution in [0.25, 0.3) is 10.9 Å². The predicted molar refractivity (Wildman–Crippen MR) is 131 cm³/mol. The van der Waals surface area contributed by atoms with E-state index in [1.807, 2.05) is 42.6 Å². The third-order valence-corrected chi connectivity index (χ3v) is 6.38. The minimum atomic E-state index is -0.570. The molecule has 2 amide bonds. The van der Waals surface area contributed by atoms with Crippen molar-refractivity contribution in [3.63, 3.8) is 0 Å². The van der Waals surface area contributed by atoms with Crippen molar-refractivity contribution in [3.8, 4) is 5.75 Å². The molecule has 0 aliphatic carbocycles. The van der Waals surface area contributed by atoms with Gasteiger partial charge in [0.1, 0.15) is 5.75 Å². The number of rotatable bonds is 9. The van der Waals surface area contributed by atoms with Crippen molar-refractivity contribution in [2.24, 2.45) is 0 Å². The van der Waals surface area contributed by atoms with Gasteiger partial charge >= 0.3 is 0 Å². The lowest BCUT2D eigenvalue weighted by atomic mass is 10.1. The summed E-state index contributed by atoms with van der Waals surface area (Å²) in [6.45, 7) is 2.48. The van der Waals surface area contributed by atoms with Gasteiger partial charge in [0.05, 0.1) is 24.6 Å². The molecule has 1 unspecified atom stereocenters. The number of hydrogen-bond acceptors (Lipinski definition) is 6. The molecule has 0 spiro atoms. The summed E-state index contributed by atoms with van der Waals surface area (Å²) < 4.78 is 5.91. The van der Waals surface area contributed by atoms with Crippen molar-refractivity contribution in [3.05, 3.63) is 93.8 Å². The first-order valence-corrected chi connectivity index (χ1v) is 11.8. The quantitative estimate of drug-likeness (QED) is 0.243. The molecular formula is C26H25N3O4S. The van der Waals surface area contributed by atoms with Crippen LogP contribution < -0.4 is 15.5 Å². The number of amides is 2. The van der Waals surface area contributed by atoms with Crippen molar-refractivity contribution in [2.75, 3.05) is 6.61 Å². The van der Waals surface area contributed by atoms with Crippen molar-refractivity contribution < 1.29 is 19.5 Å². The van der Waals surface area contributed by atoms with Crippen LogP contribution in [0.1, 0.15) is 39.0 Å². The molecule has 34 heavy (non-hydrogen) atoms. The highest BCUT2D eigenvalue weighted by Crippen LogP contribution is 2.23. The number of ether oxygens (including phenoxy) is 1. The number of benzene rings is 2. The smallest absolute Gasteiger partial charge is 0.251 e. The highest BCUT2D eigenvalue weighted by Gasteiger charge is 2.20. The third kappa shape index (κ3) is 5.78. The molecule has 0 aliphatic heterocycles. The van der Waals surface area contributed by atoms with Crippen LogP contribution in [0, 0.1) is 6.92 Å². The topological polar surface area (TPSA) is 101 Å². The summed E-state index contributed by atoms with van der Waals surface area (Å²) in [5.41, 5.74) is 5.21. The van der Waals surface area contributed by atoms with Crippen molar-refractivity contribution in [1.82, 2.24) is 15.8 Å². The number of nitrogens with zero attached hydrogens (tertiary/aromatic N) is 1. The van der Waals surface area contributed by atoms with Gasteiger partial charge in [-0.15, -0.1) is 11.3 Å². The fraction of sp³-hybridized carbons (Fsp3) is 0.192. The molecule has 8 heteroatoms. The second kappa shape index (κ2) is 10.9. The van der Waals surface area contributed by atoms with Gasteiger partial charge in [-0.05, 0) is 60.3 Å². The number of pyridine rings is 1. The first-order valence-electron chi connectivity index (χ1n) is 10.9. The van der Waals surface area contributed by atoms with Crippen LogP contribution >= 0.6 is 11.3 Å². The molecule has 2 heterocycles. The predicted octanol–water partition coefficient (Wildman–Crippen LogP) is 4.59. The Bertz CT molecular complexity index is 1270. The number of fused-ring (bicyclic) bond motifs is 1. The molecule has 4 aromatic rings. The molecule has 0 fully saturated rings. The number of aryl methyl sites for hydroxylation is 1. The molecule has 7 nitrogen and oxygen atoms in total. The summed E-state index contributed by atoms with van der Waals surface area (Å²) in [7, 11) is 0. The van der Waals surface area contributed by atoms with Gasteiger partial charge in [0, 0.05) is 27.9 Å². The van der Waals surface area contributed by atoms with E-state index in [-0.39, 0.29) is 12.3 Å². The third-order valence-electron chi connectivity index (χ3n) is 5.39. The van der Waals surface area contributed by atoms with Gasteiger partial charge < -0.3 is 10.1 Å². The Morgan fingerprint density at radius 2 is 1.88 bits per heavy atom. The fourth-order valence-corrected chi connectivity index (χ4v) is 4.55. The zero-order valence-electron chi connectivity index (χ0n) is 18.7. The van der Waals surface area contributed by atoms with E-state index < -0.39 is 11.9 Å². The number of thiophene rings is 1. The van der Waals surface area contributed by atoms with Gasteiger partial charge in [-0.2, -0.15) is 0 Å². The average molecular weight is 476 g/mol. The maximum atomic E-state index is 12.7. The van der Waals surface area contributed by atoms with E-state index in [2.05, 4.69) is 22.4 Å². The first-order chi connectivity index (χ1) is 16.5. The van der Waals surface area contributed by atoms with Crippen LogP contribution in [0.15, 0.2) is 72.1 Å². The molecule has 4 rings (SSSR count). The summed E-state index contributed by atoms with van der Waals surface area (Å²) in [6, 6.07) is 20.2. The highest BCUT2D eigenvalue weighted by atomic mass is 32.1. The molecule has 0 saturated heterocycles. The zero-order valence-corrected chi connectivity index (χ0v) is 19.5. The standard InChI is InChI=1S/C26H25N3O4S/c1-17-15-19(21-5-2-3-6-22(21)27-17)12-13-33-20-10-8-18(9-11-20)26(31)28-23(16-25(30)29-32)24-7-4-14-34-24/h2-11,14-15,23,32H,12-13,16H2,1H3,(H,28,31)(H,29,30). The Morgan fingerprint density at radius 3 is 2.62 bits per heavy atom. The number of hydroxylamine groups is 1. The summed E-state index contributed by atoms with van der Waals surface area (Å²) in [6.07, 6.45) is 0.675. The fourth-order valence-electron chi connectivity index (χ4n) is 3.77. The zero-order chi connectivity index (χ0) is 23.9. The number of aromatic nitrogens is 1. The maximum Gasteiger partial charge on any atom is 0.251 e. The Hall–Kier alpha value is -3.75. The molecule has 2 aromatic heterocycles. The number of hydrogen-bond donors (Lipinski definition) is 3. The van der Waals surface area contributed by atoms with Gasteiger partial charge in [0.25, 0.3) is 5.91 Å². The normalized spacial score (nSPS) is 11.7. The molecule has 0 aliphatic rings. The van der Waals surface area contributed by atoms with Gasteiger partial charge in [0.2, 0.25) is 5.91 Å². The summed E-state index contributed by atoms with van der Waals surface area (Å²) >= 11 is 1.43. The molecule has 0 radical (unpaired) electrons. The minimum absolute atomic E-state index is 0.0624. The summed E-state index contributed by atoms with van der Waals surface area (Å²) in [5.74, 6) is -0.213. The SMILES string of the molecule is Cc1cc(CCOc2ccc(C(=O)NC(CC(=O)NO)c3cccs3)cc2)c2ccccc2n1. The van der Waals surface area contributed by atoms with E-state index in [9.17, 15) is 9.59 Å². The van der Waals surface area contributed by atoms with Crippen LogP contribution in [0.3, 0.4) is 0 Å². The second-order valence-corrected chi connectivity index (χ2v) is 8.82. The minimum Gasteiger partial charge on any atom is -0.493 e.